The molecule has 0 radical (unpaired) electrons. The van der Waals surface area contributed by atoms with Crippen molar-refractivity contribution in [1.82, 2.24) is 20.1 Å². The Hall–Kier alpha value is -4.34. The number of aromatic amines is 1. The van der Waals surface area contributed by atoms with Gasteiger partial charge in [0.2, 0.25) is 11.8 Å². The number of fused-ring (bicyclic) bond motifs is 2. The number of anilines is 1. The minimum absolute atomic E-state index is 0.107. The van der Waals surface area contributed by atoms with Crippen molar-refractivity contribution in [3.05, 3.63) is 94.6 Å². The van der Waals surface area contributed by atoms with E-state index in [0.717, 1.165) is 40.7 Å². The lowest BCUT2D eigenvalue weighted by Gasteiger charge is -2.38. The molecule has 47 heavy (non-hydrogen) atoms. The maximum Gasteiger partial charge on any atom is 0.257 e. The van der Waals surface area contributed by atoms with Crippen LogP contribution in [0.2, 0.25) is 5.02 Å². The molecule has 0 aliphatic carbocycles. The summed E-state index contributed by atoms with van der Waals surface area (Å²) in [5.74, 6) is 0.0267. The van der Waals surface area contributed by atoms with Gasteiger partial charge in [0.25, 0.3) is 5.91 Å². The zero-order valence-corrected chi connectivity index (χ0v) is 27.9. The topological polar surface area (TPSA) is 98.0 Å². The normalized spacial score (nSPS) is 17.4. The maximum absolute atomic E-state index is 14.6. The zero-order chi connectivity index (χ0) is 33.1. The van der Waals surface area contributed by atoms with Crippen molar-refractivity contribution in [3.8, 4) is 5.75 Å². The Morgan fingerprint density at radius 2 is 1.79 bits per heavy atom. The van der Waals surface area contributed by atoms with Crippen LogP contribution in [0.3, 0.4) is 0 Å². The van der Waals surface area contributed by atoms with E-state index in [1.54, 1.807) is 24.1 Å². The number of amides is 3. The summed E-state index contributed by atoms with van der Waals surface area (Å²) < 4.78 is 5.40. The maximum atomic E-state index is 14.6. The molecule has 246 valence electrons. The quantitative estimate of drug-likeness (QED) is 0.259. The molecule has 1 aromatic heterocycles. The molecule has 0 unspecified atom stereocenters. The molecule has 0 bridgehead atoms. The average Bonchev–Trinajstić information content (AvgIpc) is 3.49. The number of carbonyl (C=O) groups is 3. The van der Waals surface area contributed by atoms with Gasteiger partial charge in [0.05, 0.1) is 12.7 Å². The van der Waals surface area contributed by atoms with E-state index in [-0.39, 0.29) is 29.6 Å². The van der Waals surface area contributed by atoms with Crippen molar-refractivity contribution in [1.29, 1.82) is 0 Å². The van der Waals surface area contributed by atoms with E-state index in [2.05, 4.69) is 15.2 Å². The van der Waals surface area contributed by atoms with E-state index >= 15 is 0 Å². The molecule has 0 saturated carbocycles. The third-order valence-corrected chi connectivity index (χ3v) is 9.61. The third kappa shape index (κ3) is 7.16. The Labute approximate surface area is 280 Å². The number of methoxy groups -OCH3 is 1. The van der Waals surface area contributed by atoms with Crippen LogP contribution in [0.5, 0.6) is 5.75 Å². The minimum Gasteiger partial charge on any atom is -0.496 e. The summed E-state index contributed by atoms with van der Waals surface area (Å²) in [5.41, 5.74) is 4.34. The van der Waals surface area contributed by atoms with Gasteiger partial charge < -0.3 is 29.7 Å². The predicted octanol–water partition coefficient (Wildman–Crippen LogP) is 5.18. The van der Waals surface area contributed by atoms with Crippen molar-refractivity contribution >= 4 is 45.9 Å². The van der Waals surface area contributed by atoms with Crippen molar-refractivity contribution in [2.24, 2.45) is 11.8 Å². The van der Waals surface area contributed by atoms with Crippen LogP contribution in [0, 0.1) is 11.8 Å². The monoisotopic (exact) mass is 655 g/mol. The number of benzene rings is 3. The van der Waals surface area contributed by atoms with Gasteiger partial charge in [0, 0.05) is 66.3 Å². The van der Waals surface area contributed by atoms with E-state index in [0.29, 0.717) is 55.2 Å². The van der Waals surface area contributed by atoms with E-state index in [4.69, 9.17) is 16.3 Å². The van der Waals surface area contributed by atoms with Crippen molar-refractivity contribution in [2.75, 3.05) is 52.3 Å². The summed E-state index contributed by atoms with van der Waals surface area (Å²) >= 11 is 6.40. The number of ether oxygens (including phenoxy) is 1. The van der Waals surface area contributed by atoms with Crippen LogP contribution < -0.4 is 15.0 Å². The molecule has 6 rings (SSSR count). The Bertz CT molecular complexity index is 1760. The number of nitrogens with one attached hydrogen (secondary N) is 2. The summed E-state index contributed by atoms with van der Waals surface area (Å²) in [4.78, 5) is 50.9. The number of likely N-dealkylation sites (tertiary alicyclic amines) is 1. The van der Waals surface area contributed by atoms with E-state index in [9.17, 15) is 14.4 Å². The predicted molar refractivity (Wildman–Crippen MR) is 185 cm³/mol. The second-order valence-electron chi connectivity index (χ2n) is 12.9. The van der Waals surface area contributed by atoms with Crippen LogP contribution in [0.1, 0.15) is 34.3 Å². The molecular formula is C37H42ClN5O4. The van der Waals surface area contributed by atoms with Crippen LogP contribution >= 0.6 is 11.6 Å². The van der Waals surface area contributed by atoms with Gasteiger partial charge in [-0.2, -0.15) is 0 Å². The van der Waals surface area contributed by atoms with Gasteiger partial charge in [0.1, 0.15) is 11.8 Å². The fraction of sp³-hybridized carbons (Fsp3) is 0.378. The van der Waals surface area contributed by atoms with Crippen LogP contribution in [-0.4, -0.2) is 85.9 Å². The molecule has 1 fully saturated rings. The lowest BCUT2D eigenvalue weighted by Crippen LogP contribution is -2.54. The number of carbonyl (C=O) groups excluding carboxylic acids is 3. The van der Waals surface area contributed by atoms with Gasteiger partial charge in [-0.3, -0.25) is 14.4 Å². The summed E-state index contributed by atoms with van der Waals surface area (Å²) in [7, 11) is 5.63. The standard InChI is InChI=1S/C37H42ClN5O4/c1-41(2)22-24-18-26-19-28(38)12-13-33(26)43(23-24)37(46)32(20-27-21-39-31-10-6-4-8-29(27)31)40-35(44)25-14-16-42(17-15-25)36(45)30-9-5-7-11-34(30)47-3/h4-13,19,21,24-25,32,39H,14-18,20,22-23H2,1-3H3,(H,40,44)/t24-,32-/m1/s1. The second kappa shape index (κ2) is 14.2. The molecule has 3 amide bonds. The smallest absolute Gasteiger partial charge is 0.257 e. The summed E-state index contributed by atoms with van der Waals surface area (Å²) in [6.45, 7) is 2.27. The lowest BCUT2D eigenvalue weighted by atomic mass is 9.90. The first kappa shape index (κ1) is 32.6. The summed E-state index contributed by atoms with van der Waals surface area (Å²) in [6, 6.07) is 20.1. The molecule has 10 heteroatoms. The van der Waals surface area contributed by atoms with Gasteiger partial charge in [0.15, 0.2) is 0 Å². The number of nitrogens with zero attached hydrogens (tertiary/aromatic N) is 3. The van der Waals surface area contributed by atoms with Crippen LogP contribution in [-0.2, 0) is 22.4 Å². The van der Waals surface area contributed by atoms with E-state index in [1.165, 1.54) is 0 Å². The van der Waals surface area contributed by atoms with Crippen LogP contribution in [0.4, 0.5) is 5.69 Å². The highest BCUT2D eigenvalue weighted by atomic mass is 35.5. The number of piperidine rings is 1. The molecule has 3 aromatic carbocycles. The molecule has 1 saturated heterocycles. The highest BCUT2D eigenvalue weighted by molar-refractivity contribution is 6.30. The van der Waals surface area contributed by atoms with E-state index in [1.807, 2.05) is 79.8 Å². The van der Waals surface area contributed by atoms with Gasteiger partial charge in [-0.05, 0) is 86.8 Å². The largest absolute Gasteiger partial charge is 0.496 e. The van der Waals surface area contributed by atoms with Gasteiger partial charge in [-0.15, -0.1) is 0 Å². The van der Waals surface area contributed by atoms with Crippen LogP contribution in [0.25, 0.3) is 10.9 Å². The molecule has 3 heterocycles. The summed E-state index contributed by atoms with van der Waals surface area (Å²) in [5, 5.41) is 4.84. The van der Waals surface area contributed by atoms with Gasteiger partial charge >= 0.3 is 0 Å². The third-order valence-electron chi connectivity index (χ3n) is 9.37. The average molecular weight is 656 g/mol. The molecule has 2 aliphatic rings. The molecule has 2 aliphatic heterocycles. The Kier molecular flexibility index (Phi) is 9.84. The van der Waals surface area contributed by atoms with Gasteiger partial charge in [-0.1, -0.05) is 41.9 Å². The SMILES string of the molecule is COc1ccccc1C(=O)N1CCC(C(=O)N[C@H](Cc2c[nH]c3ccccc23)C(=O)N2C[C@@H](CN(C)C)Cc3cc(Cl)ccc32)CC1. The Morgan fingerprint density at radius 1 is 1.04 bits per heavy atom. The molecular weight excluding hydrogens is 614 g/mol. The number of hydrogen-bond donors (Lipinski definition) is 2. The first-order chi connectivity index (χ1) is 22.7. The van der Waals surface area contributed by atoms with Crippen molar-refractivity contribution < 1.29 is 19.1 Å². The van der Waals surface area contributed by atoms with Gasteiger partial charge in [-0.25, -0.2) is 0 Å². The first-order valence-corrected chi connectivity index (χ1v) is 16.6. The Morgan fingerprint density at radius 3 is 2.55 bits per heavy atom. The molecule has 4 aromatic rings. The number of rotatable bonds is 9. The fourth-order valence-corrected chi connectivity index (χ4v) is 7.29. The molecule has 9 nitrogen and oxygen atoms in total. The van der Waals surface area contributed by atoms with Crippen molar-refractivity contribution in [2.45, 2.75) is 31.7 Å². The minimum atomic E-state index is -0.781. The second-order valence-corrected chi connectivity index (χ2v) is 13.4. The number of para-hydroxylation sites is 2. The highest BCUT2D eigenvalue weighted by Crippen LogP contribution is 2.33. The molecule has 2 N–H and O–H groups in total. The lowest BCUT2D eigenvalue weighted by molar-refractivity contribution is -0.131. The van der Waals surface area contributed by atoms with Crippen molar-refractivity contribution in [3.63, 3.8) is 0 Å². The Balaban J connectivity index is 1.23. The molecule has 0 spiro atoms. The summed E-state index contributed by atoms with van der Waals surface area (Å²) in [6.07, 6.45) is 4.12. The number of aromatic nitrogens is 1. The highest BCUT2D eigenvalue weighted by Gasteiger charge is 2.36. The molecule has 2 atom stereocenters. The number of halogens is 1. The number of hydrogen-bond acceptors (Lipinski definition) is 5. The fourth-order valence-electron chi connectivity index (χ4n) is 7.09. The number of H-pyrrole nitrogens is 1. The first-order valence-electron chi connectivity index (χ1n) is 16.2. The zero-order valence-electron chi connectivity index (χ0n) is 27.2. The van der Waals surface area contributed by atoms with Crippen LogP contribution in [0.15, 0.2) is 72.9 Å². The van der Waals surface area contributed by atoms with E-state index < -0.39 is 6.04 Å².